The first kappa shape index (κ1) is 57.5. The van der Waals surface area contributed by atoms with E-state index in [-0.39, 0.29) is 19.1 Å². The standard InChI is InChI=1S/C50H95N2O6P/c1-6-8-10-12-14-16-18-20-22-23-24-25-26-27-28-29-30-32-34-36-38-40-42-44-50(54)51-48(47-58-59(55,56)57-46-45-52(3,4)5)49(53)43-41-39-37-35-33-31-21-19-17-15-13-11-9-7-2/h17,19,23-24,33,35,41,43,48-49,53H,6-16,18,20-22,25-32,34,36-40,42,44-47H2,1-5H3,(H-,51,54,55,56)/p+1/b19-17+,24-23-,35-33+,43-41+. The van der Waals surface area contributed by atoms with E-state index in [2.05, 4.69) is 55.6 Å². The topological polar surface area (TPSA) is 105 Å². The molecule has 0 saturated carbocycles. The lowest BCUT2D eigenvalue weighted by molar-refractivity contribution is -0.870. The van der Waals surface area contributed by atoms with Crippen LogP contribution in [-0.2, 0) is 18.4 Å². The van der Waals surface area contributed by atoms with Crippen LogP contribution in [0, 0.1) is 0 Å². The maximum atomic E-state index is 12.9. The Morgan fingerprint density at radius 3 is 1.37 bits per heavy atom. The zero-order valence-corrected chi connectivity index (χ0v) is 40.1. The van der Waals surface area contributed by atoms with Gasteiger partial charge >= 0.3 is 7.82 Å². The Bertz CT molecular complexity index is 1100. The quantitative estimate of drug-likeness (QED) is 0.0244. The average molecular weight is 852 g/mol. The summed E-state index contributed by atoms with van der Waals surface area (Å²) in [5.41, 5.74) is 0. The summed E-state index contributed by atoms with van der Waals surface area (Å²) in [6, 6.07) is -0.869. The number of allylic oxidation sites excluding steroid dienone is 7. The number of likely N-dealkylation sites (N-methyl/N-ethyl adjacent to an activating group) is 1. The monoisotopic (exact) mass is 852 g/mol. The van der Waals surface area contributed by atoms with Gasteiger partial charge in [-0.1, -0.05) is 184 Å². The van der Waals surface area contributed by atoms with E-state index in [1.165, 1.54) is 148 Å². The van der Waals surface area contributed by atoms with E-state index in [1.807, 2.05) is 27.2 Å². The second-order valence-electron chi connectivity index (χ2n) is 17.8. The normalized spacial score (nSPS) is 14.6. The van der Waals surface area contributed by atoms with Gasteiger partial charge in [-0.25, -0.2) is 4.57 Å². The highest BCUT2D eigenvalue weighted by molar-refractivity contribution is 7.47. The third-order valence-electron chi connectivity index (χ3n) is 10.7. The fourth-order valence-electron chi connectivity index (χ4n) is 6.83. The number of carbonyl (C=O) groups excluding carboxylic acids is 1. The van der Waals surface area contributed by atoms with Crippen LogP contribution in [0.3, 0.4) is 0 Å². The molecule has 0 saturated heterocycles. The Morgan fingerprint density at radius 2 is 0.932 bits per heavy atom. The van der Waals surface area contributed by atoms with Crippen molar-refractivity contribution in [3.8, 4) is 0 Å². The molecule has 0 spiro atoms. The largest absolute Gasteiger partial charge is 0.472 e. The third-order valence-corrected chi connectivity index (χ3v) is 11.7. The molecule has 0 radical (unpaired) electrons. The predicted molar refractivity (Wildman–Crippen MR) is 254 cm³/mol. The van der Waals surface area contributed by atoms with Crippen LogP contribution in [0.1, 0.15) is 213 Å². The molecule has 0 fully saturated rings. The number of aliphatic hydroxyl groups is 1. The molecule has 0 aromatic heterocycles. The Hall–Kier alpha value is -1.54. The number of unbranched alkanes of at least 4 members (excludes halogenated alkanes) is 25. The van der Waals surface area contributed by atoms with E-state index in [1.54, 1.807) is 6.08 Å². The van der Waals surface area contributed by atoms with E-state index in [0.717, 1.165) is 44.9 Å². The van der Waals surface area contributed by atoms with E-state index >= 15 is 0 Å². The molecule has 3 N–H and O–H groups in total. The smallest absolute Gasteiger partial charge is 0.387 e. The molecular weight excluding hydrogens is 756 g/mol. The number of hydrogen-bond acceptors (Lipinski definition) is 5. The summed E-state index contributed by atoms with van der Waals surface area (Å²) in [6.07, 6.45) is 53.4. The van der Waals surface area contributed by atoms with Crippen LogP contribution in [0.4, 0.5) is 0 Å². The highest BCUT2D eigenvalue weighted by Crippen LogP contribution is 2.43. The first-order valence-corrected chi connectivity index (χ1v) is 26.0. The second-order valence-corrected chi connectivity index (χ2v) is 19.3. The van der Waals surface area contributed by atoms with Crippen LogP contribution in [0.2, 0.25) is 0 Å². The third kappa shape index (κ3) is 44.3. The van der Waals surface area contributed by atoms with Crippen molar-refractivity contribution in [1.82, 2.24) is 5.32 Å². The molecule has 3 unspecified atom stereocenters. The number of nitrogens with one attached hydrogen (secondary N) is 1. The molecule has 8 nitrogen and oxygen atoms in total. The molecule has 0 heterocycles. The Labute approximate surface area is 365 Å². The number of rotatable bonds is 44. The van der Waals surface area contributed by atoms with Crippen LogP contribution in [-0.4, -0.2) is 73.4 Å². The van der Waals surface area contributed by atoms with Crippen LogP contribution < -0.4 is 5.32 Å². The zero-order valence-electron chi connectivity index (χ0n) is 39.2. The molecule has 346 valence electrons. The number of phosphoric acid groups is 1. The minimum absolute atomic E-state index is 0.0527. The number of nitrogens with zero attached hydrogens (tertiary/aromatic N) is 1. The van der Waals surface area contributed by atoms with Crippen molar-refractivity contribution in [3.63, 3.8) is 0 Å². The molecule has 9 heteroatoms. The summed E-state index contributed by atoms with van der Waals surface area (Å²) < 4.78 is 23.6. The van der Waals surface area contributed by atoms with Gasteiger partial charge in [0.25, 0.3) is 0 Å². The molecule has 0 aliphatic heterocycles. The van der Waals surface area contributed by atoms with E-state index in [0.29, 0.717) is 17.4 Å². The van der Waals surface area contributed by atoms with Crippen molar-refractivity contribution in [2.75, 3.05) is 40.9 Å². The van der Waals surface area contributed by atoms with Gasteiger partial charge in [0.05, 0.1) is 39.9 Å². The fourth-order valence-corrected chi connectivity index (χ4v) is 7.57. The Kier molecular flexibility index (Phi) is 40.7. The van der Waals surface area contributed by atoms with Gasteiger partial charge in [-0.2, -0.15) is 0 Å². The first-order valence-electron chi connectivity index (χ1n) is 24.5. The SMILES string of the molecule is CCCCCC/C=C/CC/C=C/CC/C=C/C(O)C(COP(=O)(O)OCC[N+](C)(C)C)NC(=O)CCCCCCCCCCCCC/C=C\CCCCCCCCCC. The van der Waals surface area contributed by atoms with Gasteiger partial charge in [0, 0.05) is 6.42 Å². The van der Waals surface area contributed by atoms with E-state index in [4.69, 9.17) is 9.05 Å². The molecule has 0 bridgehead atoms. The van der Waals surface area contributed by atoms with Crippen molar-refractivity contribution < 1.29 is 32.9 Å². The maximum Gasteiger partial charge on any atom is 0.472 e. The molecule has 0 aliphatic rings. The summed E-state index contributed by atoms with van der Waals surface area (Å²) in [7, 11) is 1.54. The highest BCUT2D eigenvalue weighted by Gasteiger charge is 2.27. The maximum absolute atomic E-state index is 12.9. The highest BCUT2D eigenvalue weighted by atomic mass is 31.2. The number of aliphatic hydroxyl groups excluding tert-OH is 1. The van der Waals surface area contributed by atoms with Crippen LogP contribution >= 0.6 is 7.82 Å². The molecule has 0 aromatic rings. The van der Waals surface area contributed by atoms with Gasteiger partial charge in [0.1, 0.15) is 13.2 Å². The molecule has 0 rings (SSSR count). The van der Waals surface area contributed by atoms with Crippen molar-refractivity contribution in [3.05, 3.63) is 48.6 Å². The van der Waals surface area contributed by atoms with Crippen molar-refractivity contribution in [2.24, 2.45) is 0 Å². The van der Waals surface area contributed by atoms with Gasteiger partial charge in [-0.3, -0.25) is 13.8 Å². The molecule has 59 heavy (non-hydrogen) atoms. The molecule has 0 aromatic carbocycles. The van der Waals surface area contributed by atoms with Crippen LogP contribution in [0.25, 0.3) is 0 Å². The van der Waals surface area contributed by atoms with Crippen molar-refractivity contribution in [1.29, 1.82) is 0 Å². The minimum Gasteiger partial charge on any atom is -0.387 e. The van der Waals surface area contributed by atoms with Crippen LogP contribution in [0.15, 0.2) is 48.6 Å². The molecule has 0 aliphatic carbocycles. The van der Waals surface area contributed by atoms with E-state index < -0.39 is 20.0 Å². The summed E-state index contributed by atoms with van der Waals surface area (Å²) >= 11 is 0. The van der Waals surface area contributed by atoms with Gasteiger partial charge < -0.3 is 19.8 Å². The number of carbonyl (C=O) groups is 1. The molecular formula is C50H96N2O6P+. The zero-order chi connectivity index (χ0) is 43.6. The number of phosphoric ester groups is 1. The van der Waals surface area contributed by atoms with Crippen LogP contribution in [0.5, 0.6) is 0 Å². The number of amides is 1. The van der Waals surface area contributed by atoms with Gasteiger partial charge in [0.15, 0.2) is 0 Å². The summed E-state index contributed by atoms with van der Waals surface area (Å²) in [4.78, 5) is 23.2. The second kappa shape index (κ2) is 41.8. The fraction of sp³-hybridized carbons (Fsp3) is 0.820. The van der Waals surface area contributed by atoms with Gasteiger partial charge in [-0.05, 0) is 70.6 Å². The Morgan fingerprint density at radius 1 is 0.559 bits per heavy atom. The summed E-state index contributed by atoms with van der Waals surface area (Å²) in [5, 5.41) is 13.8. The number of quaternary nitrogens is 1. The van der Waals surface area contributed by atoms with Crippen molar-refractivity contribution >= 4 is 13.7 Å². The van der Waals surface area contributed by atoms with Gasteiger partial charge in [0.2, 0.25) is 5.91 Å². The lowest BCUT2D eigenvalue weighted by atomic mass is 10.0. The lowest BCUT2D eigenvalue weighted by Gasteiger charge is -2.25. The van der Waals surface area contributed by atoms with E-state index in [9.17, 15) is 19.4 Å². The first-order chi connectivity index (χ1) is 28.5. The lowest BCUT2D eigenvalue weighted by Crippen LogP contribution is -2.45. The minimum atomic E-state index is -4.35. The average Bonchev–Trinajstić information content (AvgIpc) is 3.19. The van der Waals surface area contributed by atoms with Crippen molar-refractivity contribution in [2.45, 2.75) is 225 Å². The predicted octanol–water partition coefficient (Wildman–Crippen LogP) is 14.0. The summed E-state index contributed by atoms with van der Waals surface area (Å²) in [5.74, 6) is -0.193. The Balaban J connectivity index is 4.32. The molecule has 3 atom stereocenters. The molecule has 1 amide bonds. The summed E-state index contributed by atoms with van der Waals surface area (Å²) in [6.45, 7) is 4.76. The number of hydrogen-bond donors (Lipinski definition) is 3. The van der Waals surface area contributed by atoms with Gasteiger partial charge in [-0.15, -0.1) is 0 Å².